The van der Waals surface area contributed by atoms with E-state index in [1.807, 2.05) is 6.08 Å². The lowest BCUT2D eigenvalue weighted by Gasteiger charge is -2.41. The highest BCUT2D eigenvalue weighted by atomic mass is 127. The van der Waals surface area contributed by atoms with Crippen LogP contribution >= 0.6 is 22.6 Å². The van der Waals surface area contributed by atoms with Crippen molar-refractivity contribution in [3.05, 3.63) is 12.7 Å². The molecule has 0 spiro atoms. The highest BCUT2D eigenvalue weighted by molar-refractivity contribution is 14.1. The zero-order valence-corrected chi connectivity index (χ0v) is 14.3. The van der Waals surface area contributed by atoms with Crippen LogP contribution in [-0.4, -0.2) is 29.2 Å². The molecule has 0 amide bonds. The molecule has 20 heavy (non-hydrogen) atoms. The predicted molar refractivity (Wildman–Crippen MR) is 88.0 cm³/mol. The molecule has 1 saturated heterocycles. The molecule has 2 rings (SSSR count). The molecule has 0 radical (unpaired) electrons. The maximum Gasteiger partial charge on any atom is 0.178 e. The van der Waals surface area contributed by atoms with Crippen molar-refractivity contribution < 1.29 is 14.3 Å². The van der Waals surface area contributed by atoms with Gasteiger partial charge in [-0.25, -0.2) is 0 Å². The summed E-state index contributed by atoms with van der Waals surface area (Å²) in [6, 6.07) is 0. The first-order chi connectivity index (χ1) is 9.73. The van der Waals surface area contributed by atoms with Gasteiger partial charge in [-0.05, 0) is 42.4 Å². The summed E-state index contributed by atoms with van der Waals surface area (Å²) in [5.74, 6) is 0.0398. The van der Waals surface area contributed by atoms with Crippen LogP contribution in [0.3, 0.4) is 0 Å². The molecule has 0 aromatic rings. The Morgan fingerprint density at radius 2 is 2.15 bits per heavy atom. The maximum absolute atomic E-state index is 12.5. The van der Waals surface area contributed by atoms with Crippen LogP contribution in [0.15, 0.2) is 12.7 Å². The molecule has 1 heterocycles. The summed E-state index contributed by atoms with van der Waals surface area (Å²) in [6.45, 7) is 5.05. The minimum Gasteiger partial charge on any atom is -0.347 e. The second-order valence-electron chi connectivity index (χ2n) is 5.76. The number of hydrogen-bond acceptors (Lipinski definition) is 3. The van der Waals surface area contributed by atoms with Gasteiger partial charge in [-0.1, -0.05) is 28.7 Å². The molecular weight excluding hydrogens is 367 g/mol. The van der Waals surface area contributed by atoms with Gasteiger partial charge >= 0.3 is 0 Å². The van der Waals surface area contributed by atoms with Crippen molar-refractivity contribution in [2.45, 2.75) is 50.7 Å². The SMILES string of the molecule is C=CCC[C@H]1CCCC(=O)[C@@H]1C1(CCCI)OCCO1. The highest BCUT2D eigenvalue weighted by Gasteiger charge is 2.51. The van der Waals surface area contributed by atoms with Gasteiger partial charge in [0.2, 0.25) is 0 Å². The standard InChI is InChI=1S/C16H25IO3/c1-2-3-6-13-7-4-8-14(18)15(13)16(9-5-10-17)19-11-12-20-16/h2,13,15H,1,3-12H2/t13-,15+/m0/s1. The van der Waals surface area contributed by atoms with Crippen LogP contribution in [0.5, 0.6) is 0 Å². The number of halogens is 1. The fraction of sp³-hybridized carbons (Fsp3) is 0.812. The second-order valence-corrected chi connectivity index (χ2v) is 6.84. The molecule has 0 bridgehead atoms. The van der Waals surface area contributed by atoms with Gasteiger partial charge < -0.3 is 9.47 Å². The van der Waals surface area contributed by atoms with Crippen molar-refractivity contribution in [2.75, 3.05) is 17.6 Å². The van der Waals surface area contributed by atoms with Crippen molar-refractivity contribution in [2.24, 2.45) is 11.8 Å². The average Bonchev–Trinajstić information content (AvgIpc) is 2.92. The lowest BCUT2D eigenvalue weighted by atomic mass is 9.70. The number of alkyl halides is 1. The lowest BCUT2D eigenvalue weighted by molar-refractivity contribution is -0.214. The Morgan fingerprint density at radius 3 is 2.80 bits per heavy atom. The molecule has 4 heteroatoms. The maximum atomic E-state index is 12.5. The van der Waals surface area contributed by atoms with Gasteiger partial charge in [0, 0.05) is 12.8 Å². The molecule has 0 unspecified atom stereocenters. The van der Waals surface area contributed by atoms with Crippen molar-refractivity contribution >= 4 is 28.4 Å². The van der Waals surface area contributed by atoms with Crippen LogP contribution in [-0.2, 0) is 14.3 Å². The minimum absolute atomic E-state index is 0.0679. The van der Waals surface area contributed by atoms with E-state index in [1.165, 1.54) is 0 Å². The molecule has 1 saturated carbocycles. The smallest absolute Gasteiger partial charge is 0.178 e. The van der Waals surface area contributed by atoms with E-state index in [9.17, 15) is 4.79 Å². The van der Waals surface area contributed by atoms with Gasteiger partial charge in [-0.15, -0.1) is 6.58 Å². The molecule has 2 atom stereocenters. The molecule has 1 aliphatic carbocycles. The summed E-state index contributed by atoms with van der Waals surface area (Å²) in [5, 5.41) is 0. The average molecular weight is 392 g/mol. The summed E-state index contributed by atoms with van der Waals surface area (Å²) in [4.78, 5) is 12.5. The third-order valence-corrected chi connectivity index (χ3v) is 5.23. The topological polar surface area (TPSA) is 35.5 Å². The predicted octanol–water partition coefficient (Wildman–Crippen LogP) is 3.90. The van der Waals surface area contributed by atoms with Crippen LogP contribution in [0, 0.1) is 11.8 Å². The van der Waals surface area contributed by atoms with E-state index in [0.717, 1.165) is 43.0 Å². The second kappa shape index (κ2) is 7.90. The third-order valence-electron chi connectivity index (χ3n) is 4.47. The first kappa shape index (κ1) is 16.4. The van der Waals surface area contributed by atoms with Gasteiger partial charge in [0.25, 0.3) is 0 Å². The summed E-state index contributed by atoms with van der Waals surface area (Å²) in [5.41, 5.74) is 0. The van der Waals surface area contributed by atoms with Crippen LogP contribution in [0.25, 0.3) is 0 Å². The normalized spacial score (nSPS) is 29.6. The number of ketones is 1. The van der Waals surface area contributed by atoms with E-state index in [1.54, 1.807) is 0 Å². The van der Waals surface area contributed by atoms with E-state index in [2.05, 4.69) is 29.2 Å². The zero-order valence-electron chi connectivity index (χ0n) is 12.1. The van der Waals surface area contributed by atoms with Crippen molar-refractivity contribution in [3.63, 3.8) is 0 Å². The third kappa shape index (κ3) is 3.63. The molecular formula is C16H25IO3. The fourth-order valence-corrected chi connectivity index (χ4v) is 4.02. The Kier molecular flexibility index (Phi) is 6.49. The zero-order chi connectivity index (χ0) is 14.4. The van der Waals surface area contributed by atoms with Gasteiger partial charge in [0.1, 0.15) is 5.78 Å². The van der Waals surface area contributed by atoms with Gasteiger partial charge in [-0.2, -0.15) is 0 Å². The Labute approximate surface area is 135 Å². The summed E-state index contributed by atoms with van der Waals surface area (Å²) < 4.78 is 13.1. The van der Waals surface area contributed by atoms with E-state index >= 15 is 0 Å². The quantitative estimate of drug-likeness (QED) is 0.375. The molecule has 3 nitrogen and oxygen atoms in total. The number of Topliss-reactive ketones (excluding diaryl/α,β-unsaturated/α-hetero) is 1. The summed E-state index contributed by atoms with van der Waals surface area (Å²) in [7, 11) is 0. The molecule has 114 valence electrons. The molecule has 0 aromatic heterocycles. The lowest BCUT2D eigenvalue weighted by Crippen LogP contribution is -2.49. The molecule has 2 fully saturated rings. The molecule has 2 aliphatic rings. The molecule has 0 aromatic carbocycles. The first-order valence-electron chi connectivity index (χ1n) is 7.71. The largest absolute Gasteiger partial charge is 0.347 e. The van der Waals surface area contributed by atoms with Crippen LogP contribution in [0.4, 0.5) is 0 Å². The van der Waals surface area contributed by atoms with Crippen molar-refractivity contribution in [1.82, 2.24) is 0 Å². The Balaban J connectivity index is 2.16. The number of ether oxygens (including phenoxy) is 2. The van der Waals surface area contributed by atoms with E-state index in [0.29, 0.717) is 31.3 Å². The molecule has 1 aliphatic heterocycles. The summed E-state index contributed by atoms with van der Waals surface area (Å²) >= 11 is 2.38. The van der Waals surface area contributed by atoms with E-state index < -0.39 is 5.79 Å². The number of carbonyl (C=O) groups is 1. The number of rotatable bonds is 7. The number of hydrogen-bond donors (Lipinski definition) is 0. The Morgan fingerprint density at radius 1 is 1.40 bits per heavy atom. The van der Waals surface area contributed by atoms with Crippen molar-refractivity contribution in [3.8, 4) is 0 Å². The van der Waals surface area contributed by atoms with Crippen LogP contribution < -0.4 is 0 Å². The van der Waals surface area contributed by atoms with Gasteiger partial charge in [0.05, 0.1) is 19.1 Å². The fourth-order valence-electron chi connectivity index (χ4n) is 3.63. The van der Waals surface area contributed by atoms with Gasteiger partial charge in [0.15, 0.2) is 5.79 Å². The Bertz CT molecular complexity index is 337. The van der Waals surface area contributed by atoms with E-state index in [4.69, 9.17) is 9.47 Å². The number of carbonyl (C=O) groups excluding carboxylic acids is 1. The van der Waals surface area contributed by atoms with E-state index in [-0.39, 0.29) is 5.92 Å². The Hall–Kier alpha value is 0.0600. The monoisotopic (exact) mass is 392 g/mol. The van der Waals surface area contributed by atoms with Crippen LogP contribution in [0.1, 0.15) is 44.9 Å². The summed E-state index contributed by atoms with van der Waals surface area (Å²) in [6.07, 6.45) is 8.64. The first-order valence-corrected chi connectivity index (χ1v) is 9.23. The highest BCUT2D eigenvalue weighted by Crippen LogP contribution is 2.44. The van der Waals surface area contributed by atoms with Crippen molar-refractivity contribution in [1.29, 1.82) is 0 Å². The number of allylic oxidation sites excluding steroid dienone is 1. The van der Waals surface area contributed by atoms with Gasteiger partial charge in [-0.3, -0.25) is 4.79 Å². The van der Waals surface area contributed by atoms with Crippen LogP contribution in [0.2, 0.25) is 0 Å². The molecule has 0 N–H and O–H groups in total. The minimum atomic E-state index is -0.630.